The summed E-state index contributed by atoms with van der Waals surface area (Å²) in [6, 6.07) is 13.1. The number of nitrogens with zero attached hydrogens (tertiary/aromatic N) is 1. The Labute approximate surface area is 246 Å². The molecule has 1 heterocycles. The Morgan fingerprint density at radius 1 is 0.625 bits per heavy atom. The van der Waals surface area contributed by atoms with Crippen molar-refractivity contribution in [3.05, 3.63) is 59.9 Å². The molecule has 5 heteroatoms. The molecule has 0 N–H and O–H groups in total. The maximum atomic E-state index is 12.2. The normalized spacial score (nSPS) is 12.6. The van der Waals surface area contributed by atoms with Gasteiger partial charge in [-0.15, -0.1) is 0 Å². The molecule has 0 aliphatic carbocycles. The summed E-state index contributed by atoms with van der Waals surface area (Å²) in [6.07, 6.45) is 27.2. The van der Waals surface area contributed by atoms with Crippen molar-refractivity contribution in [2.45, 2.75) is 160 Å². The molecule has 1 atom stereocenters. The molecule has 1 unspecified atom stereocenters. The fourth-order valence-corrected chi connectivity index (χ4v) is 6.64. The first-order chi connectivity index (χ1) is 19.5. The summed E-state index contributed by atoms with van der Waals surface area (Å²) < 4.78 is 38.9. The zero-order valence-corrected chi connectivity index (χ0v) is 26.4. The van der Waals surface area contributed by atoms with Gasteiger partial charge in [0.1, 0.15) is 16.7 Å². The monoisotopic (exact) mass is 571 g/mol. The first kappa shape index (κ1) is 34.5. The molecule has 2 aromatic rings. The Morgan fingerprint density at radius 3 is 1.65 bits per heavy atom. The Morgan fingerprint density at radius 2 is 1.10 bits per heavy atom. The molecule has 0 bridgehead atoms. The zero-order chi connectivity index (χ0) is 28.9. The highest BCUT2D eigenvalue weighted by atomic mass is 32.2. The SMILES string of the molecule is CCCCCCCCCCCC[n+]1ccccc1C(CCCCCCCCCCC)c1ccccc1S(=O)(=O)[O-]. The van der Waals surface area contributed by atoms with Crippen LogP contribution in [0.2, 0.25) is 0 Å². The minimum Gasteiger partial charge on any atom is -0.744 e. The van der Waals surface area contributed by atoms with E-state index in [0.29, 0.717) is 5.56 Å². The first-order valence-electron chi connectivity index (χ1n) is 16.5. The summed E-state index contributed by atoms with van der Waals surface area (Å²) in [5.74, 6) is -0.103. The maximum Gasteiger partial charge on any atom is 0.188 e. The zero-order valence-electron chi connectivity index (χ0n) is 25.6. The Bertz CT molecular complexity index is 1020. The summed E-state index contributed by atoms with van der Waals surface area (Å²) in [7, 11) is -4.55. The van der Waals surface area contributed by atoms with E-state index < -0.39 is 10.1 Å². The molecule has 2 rings (SSSR count). The second-order valence-corrected chi connectivity index (χ2v) is 13.0. The smallest absolute Gasteiger partial charge is 0.188 e. The van der Waals surface area contributed by atoms with Crippen LogP contribution < -0.4 is 4.57 Å². The van der Waals surface area contributed by atoms with Crippen molar-refractivity contribution in [3.8, 4) is 0 Å². The van der Waals surface area contributed by atoms with Crippen molar-refractivity contribution >= 4 is 10.1 Å². The quantitative estimate of drug-likeness (QED) is 0.0715. The number of hydrogen-bond donors (Lipinski definition) is 0. The van der Waals surface area contributed by atoms with E-state index in [4.69, 9.17) is 0 Å². The van der Waals surface area contributed by atoms with E-state index in [1.54, 1.807) is 6.07 Å². The third-order valence-electron chi connectivity index (χ3n) is 8.25. The lowest BCUT2D eigenvalue weighted by Crippen LogP contribution is -2.39. The molecule has 1 aromatic carbocycles. The lowest BCUT2D eigenvalue weighted by Gasteiger charge is -2.21. The predicted octanol–water partition coefficient (Wildman–Crippen LogP) is 9.85. The van der Waals surface area contributed by atoms with Crippen molar-refractivity contribution in [3.63, 3.8) is 0 Å². The molecule has 4 nitrogen and oxygen atoms in total. The molecule has 0 saturated carbocycles. The van der Waals surface area contributed by atoms with Crippen molar-refractivity contribution < 1.29 is 17.5 Å². The fraction of sp³-hybridized carbons (Fsp3) is 0.686. The highest BCUT2D eigenvalue weighted by Gasteiger charge is 2.26. The lowest BCUT2D eigenvalue weighted by molar-refractivity contribution is -0.705. The van der Waals surface area contributed by atoms with Crippen LogP contribution in [0.3, 0.4) is 0 Å². The van der Waals surface area contributed by atoms with Gasteiger partial charge in [-0.05, 0) is 24.5 Å². The van der Waals surface area contributed by atoms with Crippen LogP contribution in [0.15, 0.2) is 53.6 Å². The number of rotatable bonds is 24. The minimum atomic E-state index is -4.55. The van der Waals surface area contributed by atoms with E-state index >= 15 is 0 Å². The van der Waals surface area contributed by atoms with Gasteiger partial charge in [0.25, 0.3) is 0 Å². The van der Waals surface area contributed by atoms with Crippen LogP contribution in [-0.4, -0.2) is 13.0 Å². The molecule has 40 heavy (non-hydrogen) atoms. The average molecular weight is 572 g/mol. The van der Waals surface area contributed by atoms with Gasteiger partial charge < -0.3 is 4.55 Å². The van der Waals surface area contributed by atoms with Crippen LogP contribution in [0.1, 0.15) is 159 Å². The van der Waals surface area contributed by atoms with Gasteiger partial charge in [-0.25, -0.2) is 13.0 Å². The summed E-state index contributed by atoms with van der Waals surface area (Å²) >= 11 is 0. The van der Waals surface area contributed by atoms with Crippen LogP contribution in [0.5, 0.6) is 0 Å². The van der Waals surface area contributed by atoms with Crippen LogP contribution in [-0.2, 0) is 16.7 Å². The van der Waals surface area contributed by atoms with E-state index in [9.17, 15) is 13.0 Å². The number of aryl methyl sites for hydroxylation is 1. The number of unbranched alkanes of at least 4 members (excludes halogenated alkanes) is 17. The molecule has 0 saturated heterocycles. The Balaban J connectivity index is 2.00. The van der Waals surface area contributed by atoms with Gasteiger partial charge in [0.05, 0.1) is 10.8 Å². The van der Waals surface area contributed by atoms with Gasteiger partial charge in [-0.2, -0.15) is 0 Å². The molecule has 0 aliphatic rings. The van der Waals surface area contributed by atoms with Gasteiger partial charge in [0.2, 0.25) is 0 Å². The standard InChI is InChI=1S/C35H57NO3S/c1-3-5-7-9-11-13-15-17-19-24-30-36-31-25-23-28-34(36)32(26-20-18-16-14-12-10-8-6-4-2)33-27-21-22-29-35(33)40(37,38)39/h21-23,25,27-29,31-32H,3-20,24,26,30H2,1-2H3. The van der Waals surface area contributed by atoms with E-state index in [1.165, 1.54) is 109 Å². The molecule has 1 aromatic heterocycles. The average Bonchev–Trinajstić information content (AvgIpc) is 2.95. The summed E-state index contributed by atoms with van der Waals surface area (Å²) in [5.41, 5.74) is 1.77. The number of hydrogen-bond acceptors (Lipinski definition) is 3. The van der Waals surface area contributed by atoms with Gasteiger partial charge in [0.15, 0.2) is 11.9 Å². The lowest BCUT2D eigenvalue weighted by atomic mass is 9.89. The molecular formula is C35H57NO3S. The molecule has 0 radical (unpaired) electrons. The third kappa shape index (κ3) is 13.8. The van der Waals surface area contributed by atoms with Crippen LogP contribution >= 0.6 is 0 Å². The van der Waals surface area contributed by atoms with Gasteiger partial charge >= 0.3 is 0 Å². The number of pyridine rings is 1. The molecule has 0 aliphatic heterocycles. The van der Waals surface area contributed by atoms with Crippen LogP contribution in [0, 0.1) is 0 Å². The summed E-state index contributed by atoms with van der Waals surface area (Å²) in [6.45, 7) is 5.44. The highest BCUT2D eigenvalue weighted by molar-refractivity contribution is 7.85. The highest BCUT2D eigenvalue weighted by Crippen LogP contribution is 2.33. The number of aromatic nitrogens is 1. The van der Waals surface area contributed by atoms with E-state index in [0.717, 1.165) is 37.9 Å². The topological polar surface area (TPSA) is 61.1 Å². The van der Waals surface area contributed by atoms with Crippen LogP contribution in [0.25, 0.3) is 0 Å². The van der Waals surface area contributed by atoms with Crippen molar-refractivity contribution in [2.24, 2.45) is 0 Å². The largest absolute Gasteiger partial charge is 0.744 e. The van der Waals surface area contributed by atoms with Gasteiger partial charge in [-0.1, -0.05) is 147 Å². The molecule has 0 fully saturated rings. The second kappa shape index (κ2) is 21.1. The predicted molar refractivity (Wildman–Crippen MR) is 167 cm³/mol. The Kier molecular flexibility index (Phi) is 18.1. The maximum absolute atomic E-state index is 12.2. The van der Waals surface area contributed by atoms with Gasteiger partial charge in [-0.3, -0.25) is 0 Å². The Hall–Kier alpha value is -1.72. The fourth-order valence-electron chi connectivity index (χ4n) is 5.90. The van der Waals surface area contributed by atoms with E-state index in [1.807, 2.05) is 18.2 Å². The third-order valence-corrected chi connectivity index (χ3v) is 9.16. The minimum absolute atomic E-state index is 0.0646. The van der Waals surface area contributed by atoms with Crippen molar-refractivity contribution in [1.29, 1.82) is 0 Å². The summed E-state index contributed by atoms with van der Waals surface area (Å²) in [4.78, 5) is -0.0646. The summed E-state index contributed by atoms with van der Waals surface area (Å²) in [5, 5.41) is 0. The molecular weight excluding hydrogens is 514 g/mol. The molecule has 0 spiro atoms. The van der Waals surface area contributed by atoms with E-state index in [-0.39, 0.29) is 10.8 Å². The van der Waals surface area contributed by atoms with Gasteiger partial charge in [0, 0.05) is 18.6 Å². The van der Waals surface area contributed by atoms with Crippen molar-refractivity contribution in [1.82, 2.24) is 0 Å². The first-order valence-corrected chi connectivity index (χ1v) is 17.9. The van der Waals surface area contributed by atoms with Crippen LogP contribution in [0.4, 0.5) is 0 Å². The van der Waals surface area contributed by atoms with Crippen molar-refractivity contribution in [2.75, 3.05) is 0 Å². The van der Waals surface area contributed by atoms with E-state index in [2.05, 4.69) is 36.7 Å². The second-order valence-electron chi connectivity index (χ2n) is 11.7. The number of benzene rings is 1. The molecule has 0 amide bonds. The molecule has 226 valence electrons.